The molecule has 53 heavy (non-hydrogen) atoms. The molecule has 3 aromatic heterocycles. The molecule has 7 rings (SSSR count). The SMILES string of the molecule is CC(=O)OC[C@H]1O[C@@H](n2cc(Cn3c4c(c5ccccc53)C(=O)c3c[n+]([O-])c5ccccc5c3C4=O)nn2)[C@H](OC(C)=O)[C@@H](OC(C)=O)[C@@H]1OC(C)=O. The molecule has 1 fully saturated rings. The normalized spacial score (nSPS) is 20.8. The predicted octanol–water partition coefficient (Wildman–Crippen LogP) is 2.10. The zero-order chi connectivity index (χ0) is 37.7. The van der Waals surface area contributed by atoms with Gasteiger partial charge in [-0.15, -0.1) is 5.10 Å². The number of hydrogen-bond acceptors (Lipinski definition) is 14. The average molecular weight is 726 g/mol. The van der Waals surface area contributed by atoms with Gasteiger partial charge in [-0.1, -0.05) is 35.5 Å². The Kier molecular flexibility index (Phi) is 8.95. The fraction of sp³-hybridized carbons (Fsp3) is 0.306. The lowest BCUT2D eigenvalue weighted by Crippen LogP contribution is -2.60. The second-order valence-electron chi connectivity index (χ2n) is 12.5. The van der Waals surface area contributed by atoms with Crippen LogP contribution in [0.5, 0.6) is 0 Å². The lowest BCUT2D eigenvalue weighted by molar-refractivity contribution is -0.577. The zero-order valence-corrected chi connectivity index (χ0v) is 28.7. The number of rotatable bonds is 8. The lowest BCUT2D eigenvalue weighted by Gasteiger charge is -2.44. The third kappa shape index (κ3) is 6.24. The van der Waals surface area contributed by atoms with Crippen LogP contribution in [-0.4, -0.2) is 86.0 Å². The monoisotopic (exact) mass is 725 g/mol. The van der Waals surface area contributed by atoms with Crippen molar-refractivity contribution >= 4 is 57.2 Å². The van der Waals surface area contributed by atoms with Crippen molar-refractivity contribution in [3.63, 3.8) is 0 Å². The summed E-state index contributed by atoms with van der Waals surface area (Å²) in [6.45, 7) is 4.00. The maximum Gasteiger partial charge on any atom is 0.303 e. The van der Waals surface area contributed by atoms with Crippen LogP contribution in [-0.2, 0) is 49.4 Å². The number of ketones is 2. The maximum absolute atomic E-state index is 14.4. The molecule has 1 aliphatic heterocycles. The van der Waals surface area contributed by atoms with Crippen molar-refractivity contribution in [2.24, 2.45) is 0 Å². The van der Waals surface area contributed by atoms with Gasteiger partial charge >= 0.3 is 23.9 Å². The van der Waals surface area contributed by atoms with E-state index < -0.39 is 72.7 Å². The number of benzene rings is 2. The molecule has 17 heteroatoms. The summed E-state index contributed by atoms with van der Waals surface area (Å²) in [5.41, 5.74) is 1.37. The topological polar surface area (TPSA) is 211 Å². The third-order valence-electron chi connectivity index (χ3n) is 8.92. The van der Waals surface area contributed by atoms with Crippen LogP contribution < -0.4 is 4.73 Å². The molecule has 0 spiro atoms. The Hall–Kier alpha value is -6.49. The summed E-state index contributed by atoms with van der Waals surface area (Å²) in [6, 6.07) is 13.5. The number of carbonyl (C=O) groups is 6. The van der Waals surface area contributed by atoms with Crippen LogP contribution in [0.25, 0.3) is 21.8 Å². The molecule has 272 valence electrons. The standard InChI is InChI=1S/C36H31N5O12/c1-17(42)49-16-27-33(50-18(2)43)34(51-19(3)44)35(52-20(4)45)36(53-27)40-14-21(37-38-40)13-39-25-11-7-5-9-22(25)29-30(39)32(47)28-23-10-6-8-12-26(23)41(48)15-24(28)31(29)46/h5-12,14-15,27,33-36H,13,16H2,1-4H3/t27-,33-,34+,35-,36-/m1/s1. The molecule has 5 atom stereocenters. The first-order chi connectivity index (χ1) is 25.3. The van der Waals surface area contributed by atoms with Crippen LogP contribution in [0.4, 0.5) is 0 Å². The third-order valence-corrected chi connectivity index (χ3v) is 8.92. The van der Waals surface area contributed by atoms with Gasteiger partial charge in [-0.05, 0) is 12.1 Å². The van der Waals surface area contributed by atoms with Crippen molar-refractivity contribution in [1.29, 1.82) is 0 Å². The predicted molar refractivity (Wildman–Crippen MR) is 178 cm³/mol. The van der Waals surface area contributed by atoms with E-state index in [9.17, 15) is 34.0 Å². The highest BCUT2D eigenvalue weighted by Gasteiger charge is 2.53. The highest BCUT2D eigenvalue weighted by atomic mass is 16.7. The number of para-hydroxylation sites is 2. The first kappa shape index (κ1) is 34.9. The van der Waals surface area contributed by atoms with Crippen LogP contribution in [0.2, 0.25) is 0 Å². The number of carbonyl (C=O) groups excluding carboxylic acids is 6. The van der Waals surface area contributed by atoms with E-state index in [0.29, 0.717) is 21.0 Å². The molecule has 0 bridgehead atoms. The van der Waals surface area contributed by atoms with E-state index >= 15 is 0 Å². The number of pyridine rings is 1. The fourth-order valence-corrected chi connectivity index (χ4v) is 6.97. The molecule has 0 N–H and O–H groups in total. The molecule has 0 amide bonds. The van der Waals surface area contributed by atoms with E-state index in [1.54, 1.807) is 53.1 Å². The summed E-state index contributed by atoms with van der Waals surface area (Å²) in [5.74, 6) is -3.97. The highest BCUT2D eigenvalue weighted by molar-refractivity contribution is 6.34. The van der Waals surface area contributed by atoms with Crippen molar-refractivity contribution in [3.05, 3.63) is 94.2 Å². The summed E-state index contributed by atoms with van der Waals surface area (Å²) in [5, 5.41) is 22.2. The summed E-state index contributed by atoms with van der Waals surface area (Å²) in [4.78, 5) is 77.0. The molecule has 5 aromatic rings. The van der Waals surface area contributed by atoms with Gasteiger partial charge in [0, 0.05) is 44.7 Å². The van der Waals surface area contributed by atoms with Crippen molar-refractivity contribution in [3.8, 4) is 0 Å². The average Bonchev–Trinajstić information content (AvgIpc) is 3.70. The quantitative estimate of drug-likeness (QED) is 0.0952. The smallest absolute Gasteiger partial charge is 0.303 e. The summed E-state index contributed by atoms with van der Waals surface area (Å²) in [6.07, 6.45) is -4.23. The first-order valence-electron chi connectivity index (χ1n) is 16.4. The van der Waals surface area contributed by atoms with Crippen molar-refractivity contribution in [2.75, 3.05) is 6.61 Å². The Morgan fingerprint density at radius 2 is 1.45 bits per heavy atom. The maximum atomic E-state index is 14.4. The molecule has 0 saturated carbocycles. The molecule has 17 nitrogen and oxygen atoms in total. The first-order valence-corrected chi connectivity index (χ1v) is 16.4. The Bertz CT molecular complexity index is 2360. The van der Waals surface area contributed by atoms with E-state index in [1.165, 1.54) is 17.8 Å². The largest absolute Gasteiger partial charge is 0.618 e. The molecular formula is C36H31N5O12. The Balaban J connectivity index is 1.30. The second kappa shape index (κ2) is 13.6. The lowest BCUT2D eigenvalue weighted by atomic mass is 9.85. The molecule has 0 unspecified atom stereocenters. The van der Waals surface area contributed by atoms with Gasteiger partial charge in [-0.2, -0.15) is 4.73 Å². The van der Waals surface area contributed by atoms with Crippen molar-refractivity contribution in [2.45, 2.75) is 64.9 Å². The minimum Gasteiger partial charge on any atom is -0.618 e. The zero-order valence-electron chi connectivity index (χ0n) is 28.7. The van der Waals surface area contributed by atoms with Crippen LogP contribution in [0.15, 0.2) is 60.9 Å². The molecular weight excluding hydrogens is 694 g/mol. The van der Waals surface area contributed by atoms with Gasteiger partial charge in [0.1, 0.15) is 24.1 Å². The fourth-order valence-electron chi connectivity index (χ4n) is 6.97. The molecule has 2 aliphatic rings. The van der Waals surface area contributed by atoms with Crippen LogP contribution >= 0.6 is 0 Å². The van der Waals surface area contributed by atoms with Crippen LogP contribution in [0.3, 0.4) is 0 Å². The molecule has 4 heterocycles. The van der Waals surface area contributed by atoms with E-state index in [1.807, 2.05) is 0 Å². The van der Waals surface area contributed by atoms with Crippen LogP contribution in [0.1, 0.15) is 71.6 Å². The molecule has 1 saturated heterocycles. The minimum absolute atomic E-state index is 0.00583. The molecule has 2 aromatic carbocycles. The number of esters is 4. The Morgan fingerprint density at radius 1 is 0.811 bits per heavy atom. The van der Waals surface area contributed by atoms with Gasteiger partial charge in [0.15, 0.2) is 30.7 Å². The number of nitrogens with zero attached hydrogens (tertiary/aromatic N) is 5. The van der Waals surface area contributed by atoms with E-state index in [-0.39, 0.29) is 40.1 Å². The van der Waals surface area contributed by atoms with Gasteiger partial charge in [-0.25, -0.2) is 4.68 Å². The second-order valence-corrected chi connectivity index (χ2v) is 12.5. The molecule has 0 radical (unpaired) electrons. The van der Waals surface area contributed by atoms with Crippen LogP contribution in [0, 0.1) is 5.21 Å². The number of hydrogen-bond donors (Lipinski definition) is 0. The van der Waals surface area contributed by atoms with Crippen molar-refractivity contribution in [1.82, 2.24) is 19.6 Å². The highest BCUT2D eigenvalue weighted by Crippen LogP contribution is 2.38. The van der Waals surface area contributed by atoms with Gasteiger partial charge < -0.3 is 33.5 Å². The minimum atomic E-state index is -1.43. The Labute approximate surface area is 299 Å². The van der Waals surface area contributed by atoms with Crippen molar-refractivity contribution < 1.29 is 57.2 Å². The summed E-state index contributed by atoms with van der Waals surface area (Å²) in [7, 11) is 0. The number of ether oxygens (including phenoxy) is 5. The van der Waals surface area contributed by atoms with Gasteiger partial charge in [0.25, 0.3) is 0 Å². The van der Waals surface area contributed by atoms with Gasteiger partial charge in [0.05, 0.1) is 34.8 Å². The molecule has 1 aliphatic carbocycles. The van der Waals surface area contributed by atoms with E-state index in [2.05, 4.69) is 10.3 Å². The number of fused-ring (bicyclic) bond motifs is 6. The summed E-state index contributed by atoms with van der Waals surface area (Å²) < 4.78 is 31.3. The summed E-state index contributed by atoms with van der Waals surface area (Å²) >= 11 is 0. The number of aromatic nitrogens is 5. The van der Waals surface area contributed by atoms with E-state index in [4.69, 9.17) is 23.7 Å². The van der Waals surface area contributed by atoms with Gasteiger partial charge in [-0.3, -0.25) is 28.8 Å². The van der Waals surface area contributed by atoms with E-state index in [0.717, 1.165) is 27.0 Å². The Morgan fingerprint density at radius 3 is 2.15 bits per heavy atom. The van der Waals surface area contributed by atoms with Gasteiger partial charge in [0.2, 0.25) is 17.1 Å².